The lowest BCUT2D eigenvalue weighted by molar-refractivity contribution is 0.0681. The fraction of sp³-hybridized carbons (Fsp3) is 0.429. The van der Waals surface area contributed by atoms with Crippen LogP contribution in [0.15, 0.2) is 30.5 Å². The molecule has 2 rings (SSSR count). The SMILES string of the molecule is Cc1cc(C(=O)O)c(OCC(O)CNC(C)C)c(C)c1COc1ccccn1. The lowest BCUT2D eigenvalue weighted by Gasteiger charge is -2.20. The van der Waals surface area contributed by atoms with Crippen LogP contribution >= 0.6 is 0 Å². The minimum atomic E-state index is -1.08. The molecule has 3 N–H and O–H groups in total. The fourth-order valence-electron chi connectivity index (χ4n) is 2.76. The molecule has 0 radical (unpaired) electrons. The van der Waals surface area contributed by atoms with E-state index >= 15 is 0 Å². The molecule has 1 unspecified atom stereocenters. The summed E-state index contributed by atoms with van der Waals surface area (Å²) in [7, 11) is 0. The molecule has 0 fully saturated rings. The molecule has 7 heteroatoms. The number of aromatic carboxylic acids is 1. The summed E-state index contributed by atoms with van der Waals surface area (Å²) in [6.45, 7) is 8.18. The number of aryl methyl sites for hydroxylation is 1. The number of aromatic nitrogens is 1. The molecule has 0 saturated heterocycles. The van der Waals surface area contributed by atoms with E-state index in [9.17, 15) is 15.0 Å². The lowest BCUT2D eigenvalue weighted by Crippen LogP contribution is -2.35. The van der Waals surface area contributed by atoms with E-state index in [1.807, 2.05) is 26.8 Å². The quantitative estimate of drug-likeness (QED) is 0.575. The number of carboxylic acids is 1. The van der Waals surface area contributed by atoms with Gasteiger partial charge in [0.2, 0.25) is 5.88 Å². The van der Waals surface area contributed by atoms with Crippen LogP contribution < -0.4 is 14.8 Å². The van der Waals surface area contributed by atoms with Gasteiger partial charge < -0.3 is 25.0 Å². The van der Waals surface area contributed by atoms with Crippen LogP contribution in [0, 0.1) is 13.8 Å². The summed E-state index contributed by atoms with van der Waals surface area (Å²) in [5.41, 5.74) is 2.37. The number of rotatable bonds is 10. The molecule has 1 aromatic heterocycles. The molecule has 7 nitrogen and oxygen atoms in total. The highest BCUT2D eigenvalue weighted by molar-refractivity contribution is 5.92. The van der Waals surface area contributed by atoms with Crippen molar-refractivity contribution in [2.45, 2.75) is 46.4 Å². The lowest BCUT2D eigenvalue weighted by atomic mass is 9.98. The third-order valence-electron chi connectivity index (χ3n) is 4.29. The Balaban J connectivity index is 2.20. The van der Waals surface area contributed by atoms with E-state index in [1.165, 1.54) is 0 Å². The molecule has 0 aliphatic heterocycles. The Labute approximate surface area is 165 Å². The van der Waals surface area contributed by atoms with Crippen molar-refractivity contribution in [3.8, 4) is 11.6 Å². The summed E-state index contributed by atoms with van der Waals surface area (Å²) >= 11 is 0. The number of aliphatic hydroxyl groups is 1. The van der Waals surface area contributed by atoms with Crippen molar-refractivity contribution in [2.24, 2.45) is 0 Å². The summed E-state index contributed by atoms with van der Waals surface area (Å²) in [4.78, 5) is 15.8. The van der Waals surface area contributed by atoms with Crippen LogP contribution in [0.3, 0.4) is 0 Å². The molecule has 1 heterocycles. The number of hydrogen-bond acceptors (Lipinski definition) is 6. The molecule has 0 saturated carbocycles. The molecular formula is C21H28N2O5. The van der Waals surface area contributed by atoms with Gasteiger partial charge in [0.15, 0.2) is 0 Å². The highest BCUT2D eigenvalue weighted by Crippen LogP contribution is 2.30. The Morgan fingerprint density at radius 2 is 2.00 bits per heavy atom. The zero-order valence-electron chi connectivity index (χ0n) is 16.7. The van der Waals surface area contributed by atoms with Crippen LogP contribution in [0.4, 0.5) is 0 Å². The second-order valence-corrected chi connectivity index (χ2v) is 6.96. The van der Waals surface area contributed by atoms with Gasteiger partial charge in [-0.1, -0.05) is 19.9 Å². The third-order valence-corrected chi connectivity index (χ3v) is 4.29. The first kappa shape index (κ1) is 21.7. The van der Waals surface area contributed by atoms with Gasteiger partial charge in [-0.15, -0.1) is 0 Å². The molecule has 2 aromatic rings. The molecule has 1 atom stereocenters. The number of nitrogens with one attached hydrogen (secondary N) is 1. The Hall–Kier alpha value is -2.64. The fourth-order valence-corrected chi connectivity index (χ4v) is 2.76. The number of nitrogens with zero attached hydrogens (tertiary/aromatic N) is 1. The number of carboxylic acid groups (broad SMARTS) is 1. The highest BCUT2D eigenvalue weighted by atomic mass is 16.5. The largest absolute Gasteiger partial charge is 0.490 e. The van der Waals surface area contributed by atoms with E-state index in [0.717, 1.165) is 11.1 Å². The van der Waals surface area contributed by atoms with Crippen molar-refractivity contribution in [1.29, 1.82) is 0 Å². The number of benzene rings is 1. The molecule has 0 amide bonds. The normalized spacial score (nSPS) is 12.1. The number of aliphatic hydroxyl groups excluding tert-OH is 1. The van der Waals surface area contributed by atoms with Gasteiger partial charge in [0.1, 0.15) is 30.6 Å². The molecule has 1 aromatic carbocycles. The van der Waals surface area contributed by atoms with Gasteiger partial charge in [-0.3, -0.25) is 0 Å². The number of hydrogen-bond donors (Lipinski definition) is 3. The second-order valence-electron chi connectivity index (χ2n) is 6.96. The Morgan fingerprint density at radius 3 is 2.61 bits per heavy atom. The van der Waals surface area contributed by atoms with E-state index in [1.54, 1.807) is 31.3 Å². The standard InChI is InChI=1S/C21H28N2O5/c1-13(2)23-10-16(24)11-28-20-15(4)18(14(3)9-17(20)21(25)26)12-27-19-7-5-6-8-22-19/h5-9,13,16,23-24H,10-12H2,1-4H3,(H,25,26). The maximum absolute atomic E-state index is 11.7. The van der Waals surface area contributed by atoms with Crippen molar-refractivity contribution < 1.29 is 24.5 Å². The first-order chi connectivity index (χ1) is 13.3. The molecule has 0 bridgehead atoms. The molecular weight excluding hydrogens is 360 g/mol. The van der Waals surface area contributed by atoms with Crippen LogP contribution in [0.2, 0.25) is 0 Å². The van der Waals surface area contributed by atoms with Gasteiger partial charge in [-0.25, -0.2) is 9.78 Å². The first-order valence-electron chi connectivity index (χ1n) is 9.24. The summed E-state index contributed by atoms with van der Waals surface area (Å²) in [5.74, 6) is -0.337. The van der Waals surface area contributed by atoms with Crippen LogP contribution in [-0.4, -0.2) is 46.5 Å². The molecule has 0 spiro atoms. The highest BCUT2D eigenvalue weighted by Gasteiger charge is 2.20. The maximum Gasteiger partial charge on any atom is 0.339 e. The predicted molar refractivity (Wildman–Crippen MR) is 106 cm³/mol. The van der Waals surface area contributed by atoms with Crippen LogP contribution in [-0.2, 0) is 6.61 Å². The average molecular weight is 388 g/mol. The van der Waals surface area contributed by atoms with Crippen LogP contribution in [0.1, 0.15) is 40.9 Å². The number of carbonyl (C=O) groups is 1. The van der Waals surface area contributed by atoms with Gasteiger partial charge in [0, 0.05) is 24.8 Å². The van der Waals surface area contributed by atoms with E-state index in [-0.39, 0.29) is 30.6 Å². The monoisotopic (exact) mass is 388 g/mol. The Bertz CT molecular complexity index is 793. The Kier molecular flexibility index (Phi) is 7.78. The zero-order valence-corrected chi connectivity index (χ0v) is 16.7. The van der Waals surface area contributed by atoms with Gasteiger partial charge in [0.05, 0.1) is 0 Å². The summed E-state index contributed by atoms with van der Waals surface area (Å²) in [6.07, 6.45) is 0.891. The minimum absolute atomic E-state index is 0.00949. The van der Waals surface area contributed by atoms with Crippen molar-refractivity contribution in [2.75, 3.05) is 13.2 Å². The van der Waals surface area contributed by atoms with Crippen molar-refractivity contribution in [1.82, 2.24) is 10.3 Å². The summed E-state index contributed by atoms with van der Waals surface area (Å²) in [5, 5.41) is 22.8. The zero-order chi connectivity index (χ0) is 20.7. The number of ether oxygens (including phenoxy) is 2. The molecule has 28 heavy (non-hydrogen) atoms. The summed E-state index contributed by atoms with van der Waals surface area (Å²) < 4.78 is 11.5. The van der Waals surface area contributed by atoms with Crippen molar-refractivity contribution in [3.63, 3.8) is 0 Å². The van der Waals surface area contributed by atoms with E-state index in [4.69, 9.17) is 9.47 Å². The maximum atomic E-state index is 11.7. The molecule has 0 aliphatic carbocycles. The minimum Gasteiger partial charge on any atom is -0.490 e. The molecule has 152 valence electrons. The van der Waals surface area contributed by atoms with Gasteiger partial charge >= 0.3 is 5.97 Å². The molecule has 0 aliphatic rings. The van der Waals surface area contributed by atoms with Crippen LogP contribution in [0.5, 0.6) is 11.6 Å². The van der Waals surface area contributed by atoms with E-state index in [2.05, 4.69) is 10.3 Å². The average Bonchev–Trinajstić information content (AvgIpc) is 2.65. The van der Waals surface area contributed by atoms with E-state index < -0.39 is 12.1 Å². The Morgan fingerprint density at radius 1 is 1.25 bits per heavy atom. The van der Waals surface area contributed by atoms with Gasteiger partial charge in [-0.2, -0.15) is 0 Å². The van der Waals surface area contributed by atoms with Crippen molar-refractivity contribution >= 4 is 5.97 Å². The van der Waals surface area contributed by atoms with Crippen molar-refractivity contribution in [3.05, 3.63) is 52.7 Å². The smallest absolute Gasteiger partial charge is 0.339 e. The second kappa shape index (κ2) is 10.1. The summed E-state index contributed by atoms with van der Waals surface area (Å²) in [6, 6.07) is 7.19. The third kappa shape index (κ3) is 5.94. The van der Waals surface area contributed by atoms with Gasteiger partial charge in [-0.05, 0) is 42.7 Å². The number of pyridine rings is 1. The first-order valence-corrected chi connectivity index (χ1v) is 9.24. The topological polar surface area (TPSA) is 101 Å². The predicted octanol–water partition coefficient (Wildman–Crippen LogP) is 2.71. The van der Waals surface area contributed by atoms with Crippen LogP contribution in [0.25, 0.3) is 0 Å². The van der Waals surface area contributed by atoms with E-state index in [0.29, 0.717) is 18.0 Å². The van der Waals surface area contributed by atoms with Gasteiger partial charge in [0.25, 0.3) is 0 Å².